The van der Waals surface area contributed by atoms with Crippen LogP contribution in [0.1, 0.15) is 23.7 Å². The second-order valence-corrected chi connectivity index (χ2v) is 5.58. The lowest BCUT2D eigenvalue weighted by atomic mass is 10.1. The van der Waals surface area contributed by atoms with Crippen molar-refractivity contribution in [2.45, 2.75) is 13.3 Å². The first kappa shape index (κ1) is 20.3. The van der Waals surface area contributed by atoms with Crippen LogP contribution >= 0.6 is 12.4 Å². The third-order valence-corrected chi connectivity index (χ3v) is 3.69. The maximum absolute atomic E-state index is 13.5. The van der Waals surface area contributed by atoms with Crippen molar-refractivity contribution < 1.29 is 14.0 Å². The summed E-state index contributed by atoms with van der Waals surface area (Å²) in [4.78, 5) is 25.5. The fourth-order valence-corrected chi connectivity index (χ4v) is 2.49. The molecule has 6 nitrogen and oxygen atoms in total. The van der Waals surface area contributed by atoms with Crippen molar-refractivity contribution in [3.05, 3.63) is 29.6 Å². The van der Waals surface area contributed by atoms with Crippen molar-refractivity contribution in [1.29, 1.82) is 0 Å². The lowest BCUT2D eigenvalue weighted by Crippen LogP contribution is -2.44. The highest BCUT2D eigenvalue weighted by molar-refractivity contribution is 5.96. The summed E-state index contributed by atoms with van der Waals surface area (Å²) in [5.41, 5.74) is 0.350. The van der Waals surface area contributed by atoms with Crippen LogP contribution in [0.15, 0.2) is 18.2 Å². The molecule has 0 spiro atoms. The Kier molecular flexibility index (Phi) is 8.67. The fraction of sp³-hybridized carbons (Fsp3) is 0.500. The van der Waals surface area contributed by atoms with E-state index in [2.05, 4.69) is 20.9 Å². The SMILES string of the molecule is CC(=O)Nc1cc(C(=O)NCCCN2CCNCC2)ccc1F.Cl. The predicted molar refractivity (Wildman–Crippen MR) is 94.2 cm³/mol. The van der Waals surface area contributed by atoms with Gasteiger partial charge in [-0.15, -0.1) is 12.4 Å². The zero-order valence-electron chi connectivity index (χ0n) is 13.7. The Labute approximate surface area is 147 Å². The van der Waals surface area contributed by atoms with Crippen LogP contribution in [0.25, 0.3) is 0 Å². The lowest BCUT2D eigenvalue weighted by Gasteiger charge is -2.27. The van der Waals surface area contributed by atoms with E-state index >= 15 is 0 Å². The number of rotatable bonds is 6. The molecule has 1 aromatic carbocycles. The summed E-state index contributed by atoms with van der Waals surface area (Å²) >= 11 is 0. The highest BCUT2D eigenvalue weighted by Crippen LogP contribution is 2.16. The summed E-state index contributed by atoms with van der Waals surface area (Å²) < 4.78 is 13.5. The Hall–Kier alpha value is -1.70. The zero-order valence-corrected chi connectivity index (χ0v) is 14.5. The molecule has 0 bridgehead atoms. The molecule has 134 valence electrons. The number of anilines is 1. The number of amides is 2. The smallest absolute Gasteiger partial charge is 0.251 e. The molecule has 0 saturated carbocycles. The Morgan fingerprint density at radius 1 is 1.29 bits per heavy atom. The second-order valence-electron chi connectivity index (χ2n) is 5.58. The van der Waals surface area contributed by atoms with Gasteiger partial charge in [-0.1, -0.05) is 0 Å². The minimum atomic E-state index is -0.560. The van der Waals surface area contributed by atoms with Gasteiger partial charge in [0.15, 0.2) is 0 Å². The van der Waals surface area contributed by atoms with Crippen molar-refractivity contribution in [2.24, 2.45) is 0 Å². The van der Waals surface area contributed by atoms with Gasteiger partial charge >= 0.3 is 0 Å². The molecule has 3 N–H and O–H groups in total. The summed E-state index contributed by atoms with van der Waals surface area (Å²) in [5.74, 6) is -1.20. The molecule has 1 aliphatic heterocycles. The molecule has 1 fully saturated rings. The Balaban J connectivity index is 0.00000288. The van der Waals surface area contributed by atoms with E-state index in [9.17, 15) is 14.0 Å². The number of carbonyl (C=O) groups is 2. The molecule has 1 saturated heterocycles. The summed E-state index contributed by atoms with van der Waals surface area (Å²) in [7, 11) is 0. The fourth-order valence-electron chi connectivity index (χ4n) is 2.49. The Bertz CT molecular complexity index is 565. The van der Waals surface area contributed by atoms with E-state index in [0.29, 0.717) is 12.1 Å². The van der Waals surface area contributed by atoms with Crippen LogP contribution in [0.4, 0.5) is 10.1 Å². The Morgan fingerprint density at radius 2 is 2.00 bits per heavy atom. The topological polar surface area (TPSA) is 73.5 Å². The normalized spacial score (nSPS) is 14.6. The number of benzene rings is 1. The number of nitrogens with one attached hydrogen (secondary N) is 3. The van der Waals surface area contributed by atoms with Gasteiger partial charge in [-0.3, -0.25) is 9.59 Å². The van der Waals surface area contributed by atoms with Crippen LogP contribution in [0, 0.1) is 5.82 Å². The average molecular weight is 359 g/mol. The molecular weight excluding hydrogens is 335 g/mol. The second kappa shape index (κ2) is 10.2. The van der Waals surface area contributed by atoms with Crippen molar-refractivity contribution in [3.63, 3.8) is 0 Å². The monoisotopic (exact) mass is 358 g/mol. The highest BCUT2D eigenvalue weighted by Gasteiger charge is 2.11. The lowest BCUT2D eigenvalue weighted by molar-refractivity contribution is -0.114. The minimum absolute atomic E-state index is 0. The largest absolute Gasteiger partial charge is 0.352 e. The molecule has 1 heterocycles. The van der Waals surface area contributed by atoms with Crippen LogP contribution in [0.5, 0.6) is 0 Å². The molecule has 0 atom stereocenters. The van der Waals surface area contributed by atoms with Crippen molar-refractivity contribution in [3.8, 4) is 0 Å². The van der Waals surface area contributed by atoms with Gasteiger partial charge in [-0.05, 0) is 31.2 Å². The van der Waals surface area contributed by atoms with E-state index in [1.54, 1.807) is 0 Å². The average Bonchev–Trinajstić information content (AvgIpc) is 2.54. The van der Waals surface area contributed by atoms with Gasteiger partial charge in [0, 0.05) is 45.2 Å². The summed E-state index contributed by atoms with van der Waals surface area (Å²) in [6.45, 7) is 6.89. The first-order valence-corrected chi connectivity index (χ1v) is 7.84. The van der Waals surface area contributed by atoms with E-state index < -0.39 is 5.82 Å². The third-order valence-electron chi connectivity index (χ3n) is 3.69. The van der Waals surface area contributed by atoms with Gasteiger partial charge in [-0.25, -0.2) is 4.39 Å². The van der Waals surface area contributed by atoms with Crippen LogP contribution < -0.4 is 16.0 Å². The molecular formula is C16H24ClFN4O2. The summed E-state index contributed by atoms with van der Waals surface area (Å²) in [6, 6.07) is 3.94. The van der Waals surface area contributed by atoms with Crippen LogP contribution in [-0.4, -0.2) is 56.0 Å². The van der Waals surface area contributed by atoms with Crippen LogP contribution in [0.2, 0.25) is 0 Å². The molecule has 0 radical (unpaired) electrons. The van der Waals surface area contributed by atoms with Gasteiger partial charge in [0.1, 0.15) is 5.82 Å². The minimum Gasteiger partial charge on any atom is -0.352 e. The number of carbonyl (C=O) groups excluding carboxylic acids is 2. The first-order valence-electron chi connectivity index (χ1n) is 7.84. The number of nitrogens with zero attached hydrogens (tertiary/aromatic N) is 1. The van der Waals surface area contributed by atoms with Gasteiger partial charge in [-0.2, -0.15) is 0 Å². The predicted octanol–water partition coefficient (Wildman–Crippen LogP) is 1.23. The zero-order chi connectivity index (χ0) is 16.7. The van der Waals surface area contributed by atoms with Crippen molar-refractivity contribution in [2.75, 3.05) is 44.6 Å². The van der Waals surface area contributed by atoms with Gasteiger partial charge in [0.2, 0.25) is 5.91 Å². The summed E-state index contributed by atoms with van der Waals surface area (Å²) in [5, 5.41) is 8.49. The van der Waals surface area contributed by atoms with Gasteiger partial charge in [0.05, 0.1) is 5.69 Å². The van der Waals surface area contributed by atoms with E-state index in [1.165, 1.54) is 25.1 Å². The maximum Gasteiger partial charge on any atom is 0.251 e. The number of piperazine rings is 1. The number of halogens is 2. The summed E-state index contributed by atoms with van der Waals surface area (Å²) in [6.07, 6.45) is 0.867. The van der Waals surface area contributed by atoms with Gasteiger partial charge in [0.25, 0.3) is 5.91 Å². The standard InChI is InChI=1S/C16H23FN4O2.ClH/c1-12(22)20-15-11-13(3-4-14(15)17)16(23)19-5-2-8-21-9-6-18-7-10-21;/h3-4,11,18H,2,5-10H2,1H3,(H,19,23)(H,20,22);1H. The molecule has 2 amide bonds. The number of hydrogen-bond donors (Lipinski definition) is 3. The van der Waals surface area contributed by atoms with Crippen molar-refractivity contribution in [1.82, 2.24) is 15.5 Å². The quantitative estimate of drug-likeness (QED) is 0.669. The van der Waals surface area contributed by atoms with E-state index in [1.807, 2.05) is 0 Å². The van der Waals surface area contributed by atoms with E-state index in [0.717, 1.165) is 39.1 Å². The third kappa shape index (κ3) is 6.43. The van der Waals surface area contributed by atoms with Crippen molar-refractivity contribution >= 4 is 29.9 Å². The maximum atomic E-state index is 13.5. The van der Waals surface area contributed by atoms with E-state index in [-0.39, 0.29) is 29.9 Å². The van der Waals surface area contributed by atoms with Crippen LogP contribution in [0.3, 0.4) is 0 Å². The van der Waals surface area contributed by atoms with Crippen LogP contribution in [-0.2, 0) is 4.79 Å². The molecule has 2 rings (SSSR count). The van der Waals surface area contributed by atoms with Gasteiger partial charge < -0.3 is 20.9 Å². The first-order chi connectivity index (χ1) is 11.1. The Morgan fingerprint density at radius 3 is 2.67 bits per heavy atom. The molecule has 24 heavy (non-hydrogen) atoms. The molecule has 0 unspecified atom stereocenters. The highest BCUT2D eigenvalue weighted by atomic mass is 35.5. The number of hydrogen-bond acceptors (Lipinski definition) is 4. The molecule has 0 aromatic heterocycles. The molecule has 8 heteroatoms. The molecule has 1 aromatic rings. The van der Waals surface area contributed by atoms with E-state index in [4.69, 9.17) is 0 Å². The molecule has 1 aliphatic rings. The molecule has 0 aliphatic carbocycles.